The third kappa shape index (κ3) is 7.75. The van der Waals surface area contributed by atoms with Crippen LogP contribution < -0.4 is 20.3 Å². The molecule has 278 valence electrons. The second-order valence-electron chi connectivity index (χ2n) is 14.3. The number of halogens is 1. The number of fused-ring (bicyclic) bond motifs is 2. The molecule has 2 aromatic carbocycles. The Morgan fingerprint density at radius 3 is 2.68 bits per heavy atom. The molecule has 7 rings (SSSR count). The highest BCUT2D eigenvalue weighted by molar-refractivity contribution is 6.04. The van der Waals surface area contributed by atoms with E-state index >= 15 is 4.39 Å². The summed E-state index contributed by atoms with van der Waals surface area (Å²) in [6, 6.07) is 13.6. The maximum Gasteiger partial charge on any atom is 0.259 e. The topological polar surface area (TPSA) is 140 Å². The molecule has 2 aromatic heterocycles. The van der Waals surface area contributed by atoms with Gasteiger partial charge < -0.3 is 34.9 Å². The molecule has 0 bridgehead atoms. The number of hydrogen-bond donors (Lipinski definition) is 3. The summed E-state index contributed by atoms with van der Waals surface area (Å²) < 4.78 is 21.0. The van der Waals surface area contributed by atoms with Crippen molar-refractivity contribution in [3.8, 4) is 5.75 Å². The maximum absolute atomic E-state index is 15.1. The zero-order valence-corrected chi connectivity index (χ0v) is 30.2. The molecule has 2 fully saturated rings. The molecule has 12 nitrogen and oxygen atoms in total. The number of benzene rings is 2. The van der Waals surface area contributed by atoms with Crippen LogP contribution in [0.1, 0.15) is 83.0 Å². The zero-order valence-electron chi connectivity index (χ0n) is 30.2. The van der Waals surface area contributed by atoms with Gasteiger partial charge in [-0.25, -0.2) is 9.37 Å². The summed E-state index contributed by atoms with van der Waals surface area (Å²) >= 11 is 0. The number of nitrogens with zero attached hydrogens (tertiary/aromatic N) is 4. The predicted molar refractivity (Wildman–Crippen MR) is 200 cm³/mol. The first kappa shape index (κ1) is 36.1. The van der Waals surface area contributed by atoms with E-state index in [0.29, 0.717) is 42.2 Å². The number of hydrogen-bond acceptors (Lipinski definition) is 8. The van der Waals surface area contributed by atoms with E-state index in [1.54, 1.807) is 36.3 Å². The van der Waals surface area contributed by atoms with Gasteiger partial charge in [-0.3, -0.25) is 19.3 Å². The third-order valence-electron chi connectivity index (χ3n) is 11.1. The fourth-order valence-electron chi connectivity index (χ4n) is 7.96. The fourth-order valence-corrected chi connectivity index (χ4v) is 7.96. The zero-order chi connectivity index (χ0) is 37.1. The van der Waals surface area contributed by atoms with Crippen LogP contribution >= 0.6 is 0 Å². The summed E-state index contributed by atoms with van der Waals surface area (Å²) in [5.74, 6) is -0.472. The minimum atomic E-state index is -0.667. The van der Waals surface area contributed by atoms with Gasteiger partial charge in [0.25, 0.3) is 11.8 Å². The Morgan fingerprint density at radius 2 is 1.94 bits per heavy atom. The normalized spacial score (nSPS) is 18.3. The van der Waals surface area contributed by atoms with Gasteiger partial charge in [0.2, 0.25) is 5.91 Å². The summed E-state index contributed by atoms with van der Waals surface area (Å²) in [4.78, 5) is 63.9. The monoisotopic (exact) mass is 723 g/mol. The molecule has 2 atom stereocenters. The molecule has 4 aromatic rings. The molecule has 3 amide bonds. The lowest BCUT2D eigenvalue weighted by Crippen LogP contribution is -2.38. The molecule has 5 heterocycles. The van der Waals surface area contributed by atoms with Crippen LogP contribution in [0.15, 0.2) is 54.7 Å². The largest absolute Gasteiger partial charge is 0.493 e. The number of H-pyrrole nitrogens is 1. The smallest absolute Gasteiger partial charge is 0.259 e. The van der Waals surface area contributed by atoms with Gasteiger partial charge in [-0.1, -0.05) is 6.07 Å². The molecule has 2 saturated heterocycles. The van der Waals surface area contributed by atoms with Crippen molar-refractivity contribution in [2.75, 3.05) is 50.6 Å². The lowest BCUT2D eigenvalue weighted by Gasteiger charge is -2.34. The summed E-state index contributed by atoms with van der Waals surface area (Å²) in [6.07, 6.45) is 7.84. The molecule has 53 heavy (non-hydrogen) atoms. The van der Waals surface area contributed by atoms with E-state index in [2.05, 4.69) is 43.5 Å². The molecule has 0 aliphatic carbocycles. The number of carbonyl (C=O) groups excluding carboxylic acids is 4. The van der Waals surface area contributed by atoms with E-state index in [1.165, 1.54) is 12.1 Å². The van der Waals surface area contributed by atoms with E-state index in [0.717, 1.165) is 85.9 Å². The predicted octanol–water partition coefficient (Wildman–Crippen LogP) is 5.46. The van der Waals surface area contributed by atoms with Crippen LogP contribution in [0.3, 0.4) is 0 Å². The third-order valence-corrected chi connectivity index (χ3v) is 11.1. The van der Waals surface area contributed by atoms with Crippen molar-refractivity contribution in [1.82, 2.24) is 25.1 Å². The van der Waals surface area contributed by atoms with Gasteiger partial charge in [-0.15, -0.1) is 0 Å². The van der Waals surface area contributed by atoms with Gasteiger partial charge in [0.05, 0.1) is 23.7 Å². The van der Waals surface area contributed by atoms with E-state index in [1.807, 2.05) is 12.1 Å². The van der Waals surface area contributed by atoms with Crippen LogP contribution in [-0.2, 0) is 16.1 Å². The molecule has 3 N–H and O–H groups in total. The van der Waals surface area contributed by atoms with E-state index in [4.69, 9.17) is 4.74 Å². The van der Waals surface area contributed by atoms with Crippen LogP contribution in [0, 0.1) is 11.7 Å². The molecule has 1 unspecified atom stereocenters. The molecule has 0 radical (unpaired) electrons. The Balaban J connectivity index is 0.886. The van der Waals surface area contributed by atoms with Crippen molar-refractivity contribution < 1.29 is 28.3 Å². The highest BCUT2D eigenvalue weighted by Crippen LogP contribution is 2.36. The number of piperidine rings is 1. The highest BCUT2D eigenvalue weighted by atomic mass is 19.1. The minimum Gasteiger partial charge on any atom is -0.493 e. The van der Waals surface area contributed by atoms with Gasteiger partial charge in [-0.2, -0.15) is 0 Å². The van der Waals surface area contributed by atoms with Crippen molar-refractivity contribution in [2.24, 2.45) is 5.92 Å². The summed E-state index contributed by atoms with van der Waals surface area (Å²) in [5, 5.41) is 6.25. The van der Waals surface area contributed by atoms with Crippen molar-refractivity contribution in [1.29, 1.82) is 0 Å². The summed E-state index contributed by atoms with van der Waals surface area (Å²) in [7, 11) is 3.67. The molecule has 13 heteroatoms. The SMILES string of the molecule is CNC(=O)CC[C@@H](C=O)N1Cc2c(cccc2N2CCC(CCOc3ccc(C(=O)Nc4cc5[nH]c(C6CCCN6C)cc5cn4)c(F)c3)CC2)C1=O. The first-order valence-corrected chi connectivity index (χ1v) is 18.5. The fraction of sp³-hybridized carbons (Fsp3) is 0.425. The number of carbonyl (C=O) groups is 4. The van der Waals surface area contributed by atoms with Crippen molar-refractivity contribution >= 4 is 46.4 Å². The van der Waals surface area contributed by atoms with Gasteiger partial charge in [0.1, 0.15) is 23.7 Å². The van der Waals surface area contributed by atoms with Crippen LogP contribution in [0.2, 0.25) is 0 Å². The number of amides is 3. The first-order valence-electron chi connectivity index (χ1n) is 18.5. The second kappa shape index (κ2) is 15.7. The number of pyridine rings is 1. The number of ether oxygens (including phenoxy) is 1. The van der Waals surface area contributed by atoms with Crippen LogP contribution in [0.5, 0.6) is 5.75 Å². The number of aldehydes is 1. The highest BCUT2D eigenvalue weighted by Gasteiger charge is 2.35. The lowest BCUT2D eigenvalue weighted by atomic mass is 9.93. The van der Waals surface area contributed by atoms with Crippen molar-refractivity contribution in [3.05, 3.63) is 82.9 Å². The number of aromatic amines is 1. The molecular formula is C40H46FN7O5. The minimum absolute atomic E-state index is 0.0887. The van der Waals surface area contributed by atoms with Crippen LogP contribution in [-0.4, -0.2) is 90.2 Å². The van der Waals surface area contributed by atoms with E-state index in [-0.39, 0.29) is 30.2 Å². The number of rotatable bonds is 13. The Kier molecular flexibility index (Phi) is 10.7. The number of nitrogens with one attached hydrogen (secondary N) is 3. The number of likely N-dealkylation sites (tertiary alicyclic amines) is 1. The summed E-state index contributed by atoms with van der Waals surface area (Å²) in [6.45, 7) is 3.44. The maximum atomic E-state index is 15.1. The number of anilines is 2. The standard InChI is InChI=1S/C40H46FN7O5/c1-42-38(50)11-8-27(24-49)48-23-31-29(40(48)52)5-3-6-35(31)47-16-12-25(13-17-47)14-18-53-28-9-10-30(32(41)20-28)39(51)45-37-21-33-26(22-43-37)19-34(44-33)36-7-4-15-46(36)2/h3,5-6,9-10,19-22,24-25,27,36,44H,4,7-8,11-18,23H2,1-2H3,(H,42,50)(H,43,45,51)/t27-,36?/m0/s1. The second-order valence-corrected chi connectivity index (χ2v) is 14.3. The molecule has 3 aliphatic heterocycles. The first-order chi connectivity index (χ1) is 25.7. The van der Waals surface area contributed by atoms with Crippen LogP contribution in [0.25, 0.3) is 10.9 Å². The number of aromatic nitrogens is 2. The van der Waals surface area contributed by atoms with Gasteiger partial charge in [0, 0.05) is 85.4 Å². The van der Waals surface area contributed by atoms with Crippen molar-refractivity contribution in [2.45, 2.75) is 63.6 Å². The lowest BCUT2D eigenvalue weighted by molar-refractivity contribution is -0.121. The van der Waals surface area contributed by atoms with Crippen molar-refractivity contribution in [3.63, 3.8) is 0 Å². The Labute approximate surface area is 308 Å². The average Bonchev–Trinajstić information content (AvgIpc) is 3.88. The van der Waals surface area contributed by atoms with Crippen LogP contribution in [0.4, 0.5) is 15.9 Å². The quantitative estimate of drug-likeness (QED) is 0.155. The molecule has 0 spiro atoms. The Morgan fingerprint density at radius 1 is 1.11 bits per heavy atom. The average molecular weight is 724 g/mol. The van der Waals surface area contributed by atoms with Gasteiger partial charge >= 0.3 is 0 Å². The Bertz CT molecular complexity index is 2010. The molecular weight excluding hydrogens is 677 g/mol. The molecule has 3 aliphatic rings. The Hall–Kier alpha value is -5.30. The van der Waals surface area contributed by atoms with E-state index in [9.17, 15) is 19.2 Å². The van der Waals surface area contributed by atoms with Gasteiger partial charge in [-0.05, 0) is 88.4 Å². The summed E-state index contributed by atoms with van der Waals surface area (Å²) in [5.41, 5.74) is 4.44. The molecule has 0 saturated carbocycles. The van der Waals surface area contributed by atoms with E-state index < -0.39 is 17.8 Å². The van der Waals surface area contributed by atoms with Gasteiger partial charge in [0.15, 0.2) is 0 Å².